The molecule has 0 aromatic heterocycles. The fraction of sp³-hybridized carbons (Fsp3) is 0.533. The van der Waals surface area contributed by atoms with Crippen molar-refractivity contribution >= 4 is 6.29 Å². The number of aldehydes is 1. The number of aryl methyl sites for hydroxylation is 1. The van der Waals surface area contributed by atoms with Gasteiger partial charge in [0.05, 0.1) is 0 Å². The maximum Gasteiger partial charge on any atom is 0.424 e. The van der Waals surface area contributed by atoms with Gasteiger partial charge in [0.15, 0.2) is 6.29 Å². The van der Waals surface area contributed by atoms with Gasteiger partial charge >= 0.3 is 6.18 Å². The summed E-state index contributed by atoms with van der Waals surface area (Å²) in [6.45, 7) is 1.69. The Morgan fingerprint density at radius 3 is 2.60 bits per heavy atom. The molecule has 1 aromatic carbocycles. The molecule has 2 nitrogen and oxygen atoms in total. The summed E-state index contributed by atoms with van der Waals surface area (Å²) in [5.41, 5.74) is -2.33. The molecule has 2 atom stereocenters. The molecule has 1 aliphatic carbocycles. The van der Waals surface area contributed by atoms with E-state index in [0.29, 0.717) is 6.42 Å². The molecule has 0 heterocycles. The first-order valence-corrected chi connectivity index (χ1v) is 6.56. The van der Waals surface area contributed by atoms with Crippen molar-refractivity contribution in [3.05, 3.63) is 35.4 Å². The van der Waals surface area contributed by atoms with Crippen molar-refractivity contribution in [2.75, 3.05) is 0 Å². The number of hydrogen-bond donors (Lipinski definition) is 1. The molecule has 0 fully saturated rings. The fourth-order valence-electron chi connectivity index (χ4n) is 3.12. The normalized spacial score (nSPS) is 25.6. The van der Waals surface area contributed by atoms with Crippen molar-refractivity contribution in [3.8, 4) is 0 Å². The van der Waals surface area contributed by atoms with E-state index < -0.39 is 23.6 Å². The summed E-state index contributed by atoms with van der Waals surface area (Å²) < 4.78 is 38.8. The molecule has 1 unspecified atom stereocenters. The van der Waals surface area contributed by atoms with Gasteiger partial charge < -0.3 is 5.11 Å². The van der Waals surface area contributed by atoms with Gasteiger partial charge in [0.1, 0.15) is 0 Å². The third-order valence-electron chi connectivity index (χ3n) is 4.19. The minimum absolute atomic E-state index is 0.379. The van der Waals surface area contributed by atoms with Crippen LogP contribution < -0.4 is 0 Å². The quantitative estimate of drug-likeness (QED) is 0.867. The summed E-state index contributed by atoms with van der Waals surface area (Å²) >= 11 is 0. The van der Waals surface area contributed by atoms with Crippen LogP contribution in [0.25, 0.3) is 0 Å². The van der Waals surface area contributed by atoms with Crippen molar-refractivity contribution in [2.24, 2.45) is 0 Å². The number of carbonyl (C=O) groups is 1. The second kappa shape index (κ2) is 4.88. The van der Waals surface area contributed by atoms with Gasteiger partial charge in [-0.2, -0.15) is 13.2 Å². The molecule has 20 heavy (non-hydrogen) atoms. The Kier molecular flexibility index (Phi) is 3.67. The zero-order valence-electron chi connectivity index (χ0n) is 11.2. The Balaban J connectivity index is 2.40. The minimum Gasteiger partial charge on any atom is -0.374 e. The molecule has 1 aromatic rings. The largest absolute Gasteiger partial charge is 0.424 e. The summed E-state index contributed by atoms with van der Waals surface area (Å²) in [6.07, 6.45) is -3.88. The molecule has 2 rings (SSSR count). The second-order valence-electron chi connectivity index (χ2n) is 5.79. The maximum absolute atomic E-state index is 12.9. The molecule has 0 aliphatic heterocycles. The number of rotatable bonds is 3. The number of fused-ring (bicyclic) bond motifs is 1. The lowest BCUT2D eigenvalue weighted by Crippen LogP contribution is -2.51. The van der Waals surface area contributed by atoms with Crippen LogP contribution in [0.3, 0.4) is 0 Å². The van der Waals surface area contributed by atoms with Crippen LogP contribution in [0.15, 0.2) is 24.3 Å². The van der Waals surface area contributed by atoms with E-state index in [4.69, 9.17) is 0 Å². The average Bonchev–Trinajstić information content (AvgIpc) is 2.37. The lowest BCUT2D eigenvalue weighted by Gasteiger charge is -2.40. The van der Waals surface area contributed by atoms with Crippen LogP contribution in [0.5, 0.6) is 0 Å². The summed E-state index contributed by atoms with van der Waals surface area (Å²) in [5.74, 6) is 0. The molecule has 0 saturated carbocycles. The van der Waals surface area contributed by atoms with E-state index in [0.717, 1.165) is 24.0 Å². The van der Waals surface area contributed by atoms with Gasteiger partial charge in [-0.15, -0.1) is 0 Å². The van der Waals surface area contributed by atoms with E-state index in [9.17, 15) is 23.1 Å². The van der Waals surface area contributed by atoms with Gasteiger partial charge in [0, 0.05) is 6.42 Å². The maximum atomic E-state index is 12.9. The first-order valence-electron chi connectivity index (χ1n) is 6.56. The molecular formula is C15H17F3O2. The highest BCUT2D eigenvalue weighted by molar-refractivity contribution is 5.64. The highest BCUT2D eigenvalue weighted by atomic mass is 19.4. The molecule has 1 aliphatic rings. The summed E-state index contributed by atoms with van der Waals surface area (Å²) in [4.78, 5) is 10.8. The Hall–Kier alpha value is -1.36. The fourth-order valence-corrected chi connectivity index (χ4v) is 3.12. The summed E-state index contributed by atoms with van der Waals surface area (Å²) in [5, 5.41) is 9.71. The highest BCUT2D eigenvalue weighted by Crippen LogP contribution is 2.45. The molecule has 0 saturated heterocycles. The number of aliphatic hydroxyl groups is 1. The van der Waals surface area contributed by atoms with Crippen LogP contribution in [-0.2, 0) is 16.6 Å². The van der Waals surface area contributed by atoms with Crippen molar-refractivity contribution in [1.29, 1.82) is 0 Å². The average molecular weight is 286 g/mol. The SMILES string of the molecule is CC1(C[C@@](O)(C=O)C(F)(F)F)CCCc2ccccc21. The number of carbonyl (C=O) groups excluding carboxylic acids is 1. The minimum atomic E-state index is -4.95. The monoisotopic (exact) mass is 286 g/mol. The summed E-state index contributed by atoms with van der Waals surface area (Å²) in [6, 6.07) is 7.30. The lowest BCUT2D eigenvalue weighted by molar-refractivity contribution is -0.250. The third kappa shape index (κ3) is 2.46. The Labute approximate surface area is 115 Å². The van der Waals surface area contributed by atoms with Crippen molar-refractivity contribution in [1.82, 2.24) is 0 Å². The predicted molar refractivity (Wildman–Crippen MR) is 68.4 cm³/mol. The number of alkyl halides is 3. The second-order valence-corrected chi connectivity index (χ2v) is 5.79. The zero-order valence-corrected chi connectivity index (χ0v) is 11.2. The van der Waals surface area contributed by atoms with E-state index in [2.05, 4.69) is 0 Å². The van der Waals surface area contributed by atoms with Crippen LogP contribution in [0.1, 0.15) is 37.3 Å². The predicted octanol–water partition coefficient (Wildman–Crippen LogP) is 3.16. The first-order chi connectivity index (χ1) is 9.22. The summed E-state index contributed by atoms with van der Waals surface area (Å²) in [7, 11) is 0. The van der Waals surface area contributed by atoms with Gasteiger partial charge in [0.25, 0.3) is 0 Å². The van der Waals surface area contributed by atoms with E-state index in [1.807, 2.05) is 12.1 Å². The number of hydrogen-bond acceptors (Lipinski definition) is 2. The van der Waals surface area contributed by atoms with E-state index in [1.54, 1.807) is 19.1 Å². The van der Waals surface area contributed by atoms with Gasteiger partial charge in [-0.3, -0.25) is 4.79 Å². The van der Waals surface area contributed by atoms with Crippen LogP contribution in [0.4, 0.5) is 13.2 Å². The molecule has 0 spiro atoms. The number of halogens is 3. The zero-order chi connectivity index (χ0) is 15.0. The van der Waals surface area contributed by atoms with E-state index >= 15 is 0 Å². The standard InChI is InChI=1S/C15H17F3O2/c1-13(9-14(20,10-19)15(16,17)18)8-4-6-11-5-2-3-7-12(11)13/h2-3,5,7,10,20H,4,6,8-9H2,1H3/t13?,14-/m1/s1. The van der Waals surface area contributed by atoms with Gasteiger partial charge in [-0.25, -0.2) is 0 Å². The molecule has 1 N–H and O–H groups in total. The van der Waals surface area contributed by atoms with Gasteiger partial charge in [-0.1, -0.05) is 31.2 Å². The van der Waals surface area contributed by atoms with Gasteiger partial charge in [0.2, 0.25) is 5.60 Å². The van der Waals surface area contributed by atoms with Crippen LogP contribution in [0.2, 0.25) is 0 Å². The highest BCUT2D eigenvalue weighted by Gasteiger charge is 2.57. The molecular weight excluding hydrogens is 269 g/mol. The van der Waals surface area contributed by atoms with Crippen molar-refractivity contribution < 1.29 is 23.1 Å². The molecule has 110 valence electrons. The van der Waals surface area contributed by atoms with E-state index in [1.165, 1.54) is 0 Å². The van der Waals surface area contributed by atoms with Crippen molar-refractivity contribution in [2.45, 2.75) is 49.8 Å². The van der Waals surface area contributed by atoms with E-state index in [-0.39, 0.29) is 6.29 Å². The molecule has 5 heteroatoms. The third-order valence-corrected chi connectivity index (χ3v) is 4.19. The van der Waals surface area contributed by atoms with Crippen LogP contribution >= 0.6 is 0 Å². The Morgan fingerprint density at radius 1 is 1.35 bits per heavy atom. The topological polar surface area (TPSA) is 37.3 Å². The first kappa shape index (κ1) is 15.0. The molecule has 0 amide bonds. The number of benzene rings is 1. The van der Waals surface area contributed by atoms with Crippen LogP contribution in [-0.4, -0.2) is 23.2 Å². The molecule has 0 bridgehead atoms. The van der Waals surface area contributed by atoms with Crippen LogP contribution in [0, 0.1) is 0 Å². The Morgan fingerprint density at radius 2 is 2.00 bits per heavy atom. The molecule has 0 radical (unpaired) electrons. The van der Waals surface area contributed by atoms with Gasteiger partial charge in [-0.05, 0) is 35.8 Å². The smallest absolute Gasteiger partial charge is 0.374 e. The Bertz CT molecular complexity index is 512. The van der Waals surface area contributed by atoms with Crippen molar-refractivity contribution in [3.63, 3.8) is 0 Å². The lowest BCUT2D eigenvalue weighted by atomic mass is 9.66.